The summed E-state index contributed by atoms with van der Waals surface area (Å²) in [7, 11) is 0. The Morgan fingerprint density at radius 1 is 1.07 bits per heavy atom. The van der Waals surface area contributed by atoms with Crippen LogP contribution in [0.1, 0.15) is 79.5 Å². The van der Waals surface area contributed by atoms with Gasteiger partial charge in [-0.1, -0.05) is 26.3 Å². The summed E-state index contributed by atoms with van der Waals surface area (Å²) in [5.74, 6) is 0.921. The second kappa shape index (κ2) is 9.55. The van der Waals surface area contributed by atoms with Gasteiger partial charge in [0.2, 0.25) is 0 Å². The van der Waals surface area contributed by atoms with Gasteiger partial charge in [-0.25, -0.2) is 0 Å². The van der Waals surface area contributed by atoms with E-state index < -0.39 is 0 Å². The van der Waals surface area contributed by atoms with E-state index in [4.69, 9.17) is 5.73 Å². The molecule has 2 saturated carbocycles. The molecule has 0 aromatic heterocycles. The third-order valence-electron chi connectivity index (χ3n) is 6.32. The fourth-order valence-electron chi connectivity index (χ4n) is 5.09. The Morgan fingerprint density at radius 2 is 1.68 bits per heavy atom. The molecule has 3 rings (SSSR count). The molecule has 2 aliphatic carbocycles. The molecule has 5 nitrogen and oxygen atoms in total. The van der Waals surface area contributed by atoms with Crippen molar-refractivity contribution in [2.75, 3.05) is 13.1 Å². The molecule has 3 N–H and O–H groups in total. The lowest BCUT2D eigenvalue weighted by Gasteiger charge is -2.45. The van der Waals surface area contributed by atoms with Gasteiger partial charge in [0.25, 0.3) is 11.8 Å². The van der Waals surface area contributed by atoms with Crippen LogP contribution in [0.5, 0.6) is 0 Å². The summed E-state index contributed by atoms with van der Waals surface area (Å²) in [5, 5.41) is 3.28. The lowest BCUT2D eigenvalue weighted by molar-refractivity contribution is 0.0754. The molecule has 2 amide bonds. The summed E-state index contributed by atoms with van der Waals surface area (Å²) < 4.78 is 0. The molecule has 0 spiro atoms. The van der Waals surface area contributed by atoms with Crippen molar-refractivity contribution in [3.05, 3.63) is 35.4 Å². The molecular formula is C23H35N3O2. The lowest BCUT2D eigenvalue weighted by Crippen LogP contribution is -2.53. The largest absolute Gasteiger partial charge is 0.349 e. The van der Waals surface area contributed by atoms with Crippen molar-refractivity contribution >= 4 is 11.8 Å². The molecule has 2 bridgehead atoms. The van der Waals surface area contributed by atoms with Crippen molar-refractivity contribution in [3.8, 4) is 0 Å². The predicted octanol–water partition coefficient (Wildman–Crippen LogP) is 3.58. The highest BCUT2D eigenvalue weighted by atomic mass is 16.2. The van der Waals surface area contributed by atoms with Gasteiger partial charge in [0.15, 0.2) is 0 Å². The number of carbonyl (C=O) groups excluding carboxylic acids is 2. The van der Waals surface area contributed by atoms with Crippen molar-refractivity contribution in [1.82, 2.24) is 10.2 Å². The van der Waals surface area contributed by atoms with Crippen molar-refractivity contribution in [2.45, 2.75) is 70.9 Å². The summed E-state index contributed by atoms with van der Waals surface area (Å²) in [6.45, 7) is 5.64. The minimum Gasteiger partial charge on any atom is -0.349 e. The monoisotopic (exact) mass is 385 g/mol. The zero-order valence-corrected chi connectivity index (χ0v) is 17.3. The summed E-state index contributed by atoms with van der Waals surface area (Å²) in [6.07, 6.45) is 7.40. The summed E-state index contributed by atoms with van der Waals surface area (Å²) in [5.41, 5.74) is 7.38. The van der Waals surface area contributed by atoms with E-state index in [9.17, 15) is 9.59 Å². The maximum absolute atomic E-state index is 13.0. The lowest BCUT2D eigenvalue weighted by atomic mass is 9.67. The number of benzene rings is 1. The average molecular weight is 386 g/mol. The highest BCUT2D eigenvalue weighted by Crippen LogP contribution is 2.39. The van der Waals surface area contributed by atoms with Crippen molar-refractivity contribution < 1.29 is 9.59 Å². The Kier molecular flexibility index (Phi) is 7.11. The Morgan fingerprint density at radius 3 is 2.29 bits per heavy atom. The zero-order chi connectivity index (χ0) is 20.1. The first kappa shape index (κ1) is 20.8. The van der Waals surface area contributed by atoms with E-state index >= 15 is 0 Å². The van der Waals surface area contributed by atoms with Crippen LogP contribution in [-0.4, -0.2) is 41.9 Å². The van der Waals surface area contributed by atoms with E-state index in [2.05, 4.69) is 19.2 Å². The molecule has 1 aromatic carbocycles. The van der Waals surface area contributed by atoms with Crippen LogP contribution < -0.4 is 11.1 Å². The summed E-state index contributed by atoms with van der Waals surface area (Å²) >= 11 is 0. The number of nitrogens with two attached hydrogens (primary N) is 1. The van der Waals surface area contributed by atoms with Crippen LogP contribution in [0.25, 0.3) is 0 Å². The molecule has 0 radical (unpaired) electrons. The molecule has 0 saturated heterocycles. The molecule has 2 fully saturated rings. The van der Waals surface area contributed by atoms with Gasteiger partial charge in [0, 0.05) is 36.3 Å². The van der Waals surface area contributed by atoms with Gasteiger partial charge in [-0.15, -0.1) is 0 Å². The van der Waals surface area contributed by atoms with Crippen LogP contribution in [0, 0.1) is 11.8 Å². The predicted molar refractivity (Wildman–Crippen MR) is 112 cm³/mol. The van der Waals surface area contributed by atoms with Crippen LogP contribution in [0.15, 0.2) is 24.3 Å². The normalized spacial score (nSPS) is 26.5. The SMILES string of the molecule is CCCN(CCC)C(=O)c1cccc(C(=O)NC2C3CCCC2CC(N)C3)c1. The van der Waals surface area contributed by atoms with Crippen molar-refractivity contribution in [1.29, 1.82) is 0 Å². The van der Waals surface area contributed by atoms with E-state index in [1.165, 1.54) is 6.42 Å². The minimum absolute atomic E-state index is 0.0128. The topological polar surface area (TPSA) is 75.4 Å². The van der Waals surface area contributed by atoms with E-state index in [-0.39, 0.29) is 23.9 Å². The van der Waals surface area contributed by atoms with Gasteiger partial charge in [-0.05, 0) is 68.6 Å². The van der Waals surface area contributed by atoms with Gasteiger partial charge < -0.3 is 16.0 Å². The quantitative estimate of drug-likeness (QED) is 0.753. The molecule has 5 heteroatoms. The maximum atomic E-state index is 13.0. The first-order chi connectivity index (χ1) is 13.5. The number of hydrogen-bond acceptors (Lipinski definition) is 3. The van der Waals surface area contributed by atoms with Crippen LogP contribution in [0.3, 0.4) is 0 Å². The number of fused-ring (bicyclic) bond motifs is 2. The number of hydrogen-bond donors (Lipinski definition) is 2. The van der Waals surface area contributed by atoms with Crippen LogP contribution >= 0.6 is 0 Å². The Bertz CT molecular complexity index is 670. The molecular weight excluding hydrogens is 350 g/mol. The molecule has 2 atom stereocenters. The smallest absolute Gasteiger partial charge is 0.253 e. The Hall–Kier alpha value is -1.88. The number of amides is 2. The van der Waals surface area contributed by atoms with E-state index in [0.29, 0.717) is 23.0 Å². The Balaban J connectivity index is 1.71. The highest BCUT2D eigenvalue weighted by Gasteiger charge is 2.40. The van der Waals surface area contributed by atoms with Crippen LogP contribution in [0.2, 0.25) is 0 Å². The molecule has 1 aromatic rings. The average Bonchev–Trinajstić information content (AvgIpc) is 2.68. The number of nitrogens with zero attached hydrogens (tertiary/aromatic N) is 1. The van der Waals surface area contributed by atoms with E-state index in [1.54, 1.807) is 12.1 Å². The number of rotatable bonds is 7. The second-order valence-electron chi connectivity index (χ2n) is 8.55. The van der Waals surface area contributed by atoms with Gasteiger partial charge in [-0.2, -0.15) is 0 Å². The van der Waals surface area contributed by atoms with Crippen molar-refractivity contribution in [2.24, 2.45) is 17.6 Å². The zero-order valence-electron chi connectivity index (χ0n) is 17.3. The van der Waals surface area contributed by atoms with Gasteiger partial charge >= 0.3 is 0 Å². The van der Waals surface area contributed by atoms with E-state index in [0.717, 1.165) is 51.6 Å². The van der Waals surface area contributed by atoms with Gasteiger partial charge in [-0.3, -0.25) is 9.59 Å². The number of carbonyl (C=O) groups is 2. The van der Waals surface area contributed by atoms with Gasteiger partial charge in [0.05, 0.1) is 0 Å². The number of nitrogens with one attached hydrogen (secondary N) is 1. The summed E-state index contributed by atoms with van der Waals surface area (Å²) in [4.78, 5) is 27.7. The van der Waals surface area contributed by atoms with Gasteiger partial charge in [0.1, 0.15) is 0 Å². The fraction of sp³-hybridized carbons (Fsp3) is 0.652. The molecule has 28 heavy (non-hydrogen) atoms. The molecule has 154 valence electrons. The summed E-state index contributed by atoms with van der Waals surface area (Å²) in [6, 6.07) is 7.67. The molecule has 0 aliphatic heterocycles. The maximum Gasteiger partial charge on any atom is 0.253 e. The fourth-order valence-corrected chi connectivity index (χ4v) is 5.09. The third-order valence-corrected chi connectivity index (χ3v) is 6.32. The van der Waals surface area contributed by atoms with Crippen LogP contribution in [-0.2, 0) is 0 Å². The van der Waals surface area contributed by atoms with Crippen LogP contribution in [0.4, 0.5) is 0 Å². The standard InChI is InChI=1S/C23H35N3O2/c1-3-11-26(12-4-2)23(28)19-10-6-9-18(13-19)22(27)25-21-16-7-5-8-17(21)15-20(24)14-16/h6,9-10,13,16-17,20-21H,3-5,7-8,11-12,14-15,24H2,1-2H3,(H,25,27). The first-order valence-electron chi connectivity index (χ1n) is 11.0. The minimum atomic E-state index is -0.0652. The van der Waals surface area contributed by atoms with E-state index in [1.807, 2.05) is 17.0 Å². The first-order valence-corrected chi connectivity index (χ1v) is 11.0. The molecule has 2 aliphatic rings. The second-order valence-corrected chi connectivity index (χ2v) is 8.55. The highest BCUT2D eigenvalue weighted by molar-refractivity contribution is 5.99. The Labute approximate surface area is 169 Å². The third kappa shape index (κ3) is 4.75. The molecule has 0 heterocycles. The molecule has 2 unspecified atom stereocenters. The van der Waals surface area contributed by atoms with Crippen molar-refractivity contribution in [3.63, 3.8) is 0 Å².